The highest BCUT2D eigenvalue weighted by atomic mass is 16.4. The first-order valence-corrected chi connectivity index (χ1v) is 11.3. The maximum Gasteiger partial charge on any atom is 0.276 e. The fourth-order valence-electron chi connectivity index (χ4n) is 4.35. The van der Waals surface area contributed by atoms with Gasteiger partial charge in [0.15, 0.2) is 0 Å². The van der Waals surface area contributed by atoms with E-state index in [9.17, 15) is 25.2 Å². The summed E-state index contributed by atoms with van der Waals surface area (Å²) in [6, 6.07) is 18.4. The van der Waals surface area contributed by atoms with Crippen LogP contribution in [0.1, 0.15) is 5.56 Å². The molecule has 0 fully saturated rings. The SMILES string of the molecule is O=C1NC(N/N=C/[C@H](O)[C@@H](O)[C@@H](O)[C@H](O)CO)=N/C1=C\c1ccc2ccc3cccc4ccc1c2c34. The Hall–Kier alpha value is -3.93. The molecule has 0 aromatic heterocycles. The summed E-state index contributed by atoms with van der Waals surface area (Å²) >= 11 is 0. The number of aliphatic hydroxyl groups excluding tert-OH is 5. The molecule has 0 unspecified atom stereocenters. The highest BCUT2D eigenvalue weighted by Gasteiger charge is 2.29. The summed E-state index contributed by atoms with van der Waals surface area (Å²) < 4.78 is 0. The van der Waals surface area contributed by atoms with E-state index in [2.05, 4.69) is 51.2 Å². The van der Waals surface area contributed by atoms with Gasteiger partial charge in [-0.2, -0.15) is 5.10 Å². The maximum atomic E-state index is 12.5. The van der Waals surface area contributed by atoms with Gasteiger partial charge in [0.1, 0.15) is 30.1 Å². The second kappa shape index (κ2) is 9.61. The average Bonchev–Trinajstić information content (AvgIpc) is 3.25. The summed E-state index contributed by atoms with van der Waals surface area (Å²) in [7, 11) is 0. The summed E-state index contributed by atoms with van der Waals surface area (Å²) in [5.41, 5.74) is 3.44. The van der Waals surface area contributed by atoms with E-state index in [-0.39, 0.29) is 11.7 Å². The van der Waals surface area contributed by atoms with Crippen LogP contribution in [0.5, 0.6) is 0 Å². The van der Waals surface area contributed by atoms with E-state index in [0.29, 0.717) is 0 Å². The molecule has 36 heavy (non-hydrogen) atoms. The summed E-state index contributed by atoms with van der Waals surface area (Å²) in [4.78, 5) is 16.7. The van der Waals surface area contributed by atoms with Crippen molar-refractivity contribution in [3.63, 3.8) is 0 Å². The van der Waals surface area contributed by atoms with Crippen molar-refractivity contribution in [3.8, 4) is 0 Å². The molecule has 1 aliphatic heterocycles. The number of hydrogen-bond acceptors (Lipinski definition) is 9. The lowest BCUT2D eigenvalue weighted by molar-refractivity contribution is -0.115. The number of aliphatic imine (C=N–C) groups is 1. The number of carbonyl (C=O) groups is 1. The largest absolute Gasteiger partial charge is 0.394 e. The van der Waals surface area contributed by atoms with Gasteiger partial charge in [0.05, 0.1) is 12.8 Å². The number of nitrogens with zero attached hydrogens (tertiary/aromatic N) is 2. The molecule has 7 N–H and O–H groups in total. The molecular weight excluding hydrogens is 464 g/mol. The Morgan fingerprint density at radius 2 is 1.58 bits per heavy atom. The molecular formula is C26H24N4O6. The molecule has 1 amide bonds. The van der Waals surface area contributed by atoms with Crippen LogP contribution in [-0.4, -0.2) is 74.6 Å². The molecule has 10 heteroatoms. The lowest BCUT2D eigenvalue weighted by atomic mass is 9.92. The van der Waals surface area contributed by atoms with Gasteiger partial charge in [0.25, 0.3) is 5.91 Å². The van der Waals surface area contributed by atoms with Crippen LogP contribution in [0.15, 0.2) is 70.4 Å². The van der Waals surface area contributed by atoms with E-state index in [1.807, 2.05) is 24.3 Å². The zero-order chi connectivity index (χ0) is 25.4. The molecule has 0 saturated carbocycles. The number of amides is 1. The van der Waals surface area contributed by atoms with Crippen molar-refractivity contribution in [2.24, 2.45) is 10.1 Å². The Bertz CT molecular complexity index is 1520. The number of aliphatic hydroxyl groups is 5. The Labute approximate surface area is 204 Å². The van der Waals surface area contributed by atoms with Gasteiger partial charge in [0.2, 0.25) is 5.96 Å². The van der Waals surface area contributed by atoms with Crippen molar-refractivity contribution in [1.29, 1.82) is 0 Å². The van der Waals surface area contributed by atoms with Crippen LogP contribution in [0.4, 0.5) is 0 Å². The van der Waals surface area contributed by atoms with Crippen molar-refractivity contribution in [2.75, 3.05) is 6.61 Å². The van der Waals surface area contributed by atoms with Gasteiger partial charge >= 0.3 is 0 Å². The molecule has 0 saturated heterocycles. The highest BCUT2D eigenvalue weighted by Crippen LogP contribution is 2.36. The zero-order valence-corrected chi connectivity index (χ0v) is 18.9. The predicted molar refractivity (Wildman–Crippen MR) is 136 cm³/mol. The summed E-state index contributed by atoms with van der Waals surface area (Å²) in [5.74, 6) is -0.432. The quantitative estimate of drug-likeness (QED) is 0.0857. The molecule has 5 rings (SSSR count). The van der Waals surface area contributed by atoms with Gasteiger partial charge in [-0.05, 0) is 44.0 Å². The first-order valence-electron chi connectivity index (χ1n) is 11.3. The van der Waals surface area contributed by atoms with Crippen molar-refractivity contribution >= 4 is 56.5 Å². The van der Waals surface area contributed by atoms with Gasteiger partial charge in [0, 0.05) is 0 Å². The second-order valence-corrected chi connectivity index (χ2v) is 8.57. The first kappa shape index (κ1) is 23.8. The zero-order valence-electron chi connectivity index (χ0n) is 18.9. The van der Waals surface area contributed by atoms with Crippen molar-refractivity contribution in [2.45, 2.75) is 24.4 Å². The predicted octanol–water partition coefficient (Wildman–Crippen LogP) is 0.422. The Kier molecular flexibility index (Phi) is 6.35. The molecule has 1 aliphatic rings. The highest BCUT2D eigenvalue weighted by molar-refractivity contribution is 6.24. The van der Waals surface area contributed by atoms with Crippen LogP contribution in [0.2, 0.25) is 0 Å². The van der Waals surface area contributed by atoms with Crippen LogP contribution in [0, 0.1) is 0 Å². The fraction of sp³-hybridized carbons (Fsp3) is 0.192. The molecule has 4 atom stereocenters. The van der Waals surface area contributed by atoms with E-state index >= 15 is 0 Å². The van der Waals surface area contributed by atoms with Crippen LogP contribution in [0.25, 0.3) is 38.4 Å². The Morgan fingerprint density at radius 1 is 0.917 bits per heavy atom. The van der Waals surface area contributed by atoms with Gasteiger partial charge < -0.3 is 25.5 Å². The van der Waals surface area contributed by atoms with E-state index in [0.717, 1.165) is 38.7 Å². The van der Waals surface area contributed by atoms with Crippen molar-refractivity contribution < 1.29 is 30.3 Å². The molecule has 0 radical (unpaired) electrons. The van der Waals surface area contributed by atoms with E-state index < -0.39 is 36.9 Å². The number of carbonyl (C=O) groups excluding carboxylic acids is 1. The number of benzene rings is 4. The monoisotopic (exact) mass is 488 g/mol. The third kappa shape index (κ3) is 4.28. The molecule has 0 bridgehead atoms. The number of rotatable bonds is 7. The number of nitrogens with one attached hydrogen (secondary N) is 2. The standard InChI is InChI=1S/C26H24N4O6/c31-12-20(33)24(35)23(34)19(32)11-27-30-26-28-18(25(36)29-26)10-16-7-6-15-5-4-13-2-1-3-14-8-9-17(16)22(15)21(13)14/h1-11,19-20,23-24,31-35H,12H2,(H2,28,29,30,36)/b18-10-,27-11+/t19-,20+,23+,24-/m0/s1. The average molecular weight is 489 g/mol. The maximum absolute atomic E-state index is 12.5. The van der Waals surface area contributed by atoms with Gasteiger partial charge in [-0.3, -0.25) is 10.1 Å². The van der Waals surface area contributed by atoms with Gasteiger partial charge in [-0.15, -0.1) is 0 Å². The molecule has 0 spiro atoms. The topological polar surface area (TPSA) is 167 Å². The van der Waals surface area contributed by atoms with Crippen LogP contribution in [-0.2, 0) is 4.79 Å². The van der Waals surface area contributed by atoms with Crippen LogP contribution in [0.3, 0.4) is 0 Å². The lowest BCUT2D eigenvalue weighted by Crippen LogP contribution is -2.46. The minimum absolute atomic E-state index is 0.0119. The summed E-state index contributed by atoms with van der Waals surface area (Å²) in [6.45, 7) is -0.787. The molecule has 10 nitrogen and oxygen atoms in total. The van der Waals surface area contributed by atoms with E-state index in [1.54, 1.807) is 6.08 Å². The van der Waals surface area contributed by atoms with E-state index in [4.69, 9.17) is 5.11 Å². The van der Waals surface area contributed by atoms with Gasteiger partial charge in [-0.1, -0.05) is 54.6 Å². The summed E-state index contributed by atoms with van der Waals surface area (Å²) in [5, 5.41) is 60.5. The van der Waals surface area contributed by atoms with Crippen molar-refractivity contribution in [1.82, 2.24) is 10.7 Å². The van der Waals surface area contributed by atoms with E-state index in [1.165, 1.54) is 5.39 Å². The third-order valence-corrected chi connectivity index (χ3v) is 6.23. The van der Waals surface area contributed by atoms with Crippen LogP contribution < -0.4 is 10.7 Å². The number of hydrazone groups is 1. The molecule has 1 heterocycles. The van der Waals surface area contributed by atoms with Crippen molar-refractivity contribution in [3.05, 3.63) is 65.9 Å². The second-order valence-electron chi connectivity index (χ2n) is 8.57. The van der Waals surface area contributed by atoms with Gasteiger partial charge in [-0.25, -0.2) is 10.4 Å². The first-order chi connectivity index (χ1) is 17.4. The minimum atomic E-state index is -1.79. The third-order valence-electron chi connectivity index (χ3n) is 6.23. The Balaban J connectivity index is 1.39. The normalized spacial score (nSPS) is 18.8. The molecule has 184 valence electrons. The number of guanidine groups is 1. The molecule has 4 aromatic rings. The lowest BCUT2D eigenvalue weighted by Gasteiger charge is -2.23. The molecule has 4 aromatic carbocycles. The minimum Gasteiger partial charge on any atom is -0.394 e. The Morgan fingerprint density at radius 3 is 2.31 bits per heavy atom. The molecule has 0 aliphatic carbocycles. The van der Waals surface area contributed by atoms with Crippen LogP contribution >= 0.6 is 0 Å². The smallest absolute Gasteiger partial charge is 0.276 e. The summed E-state index contributed by atoms with van der Waals surface area (Å²) in [6.07, 6.45) is -4.29. The fourth-order valence-corrected chi connectivity index (χ4v) is 4.35. The number of hydrogen-bond donors (Lipinski definition) is 7.